The summed E-state index contributed by atoms with van der Waals surface area (Å²) >= 11 is 0. The van der Waals surface area contributed by atoms with Crippen LogP contribution in [-0.2, 0) is 13.1 Å². The summed E-state index contributed by atoms with van der Waals surface area (Å²) in [6, 6.07) is 11.0. The molecule has 0 aliphatic heterocycles. The molecule has 1 aliphatic rings. The Bertz CT molecular complexity index is 1390. The molecule has 1 saturated carbocycles. The maximum Gasteiger partial charge on any atom is 0.248 e. The maximum atomic E-state index is 14.3. The van der Waals surface area contributed by atoms with Crippen molar-refractivity contribution in [3.05, 3.63) is 65.4 Å². The number of rotatable bonds is 10. The SMILES string of the molecule is COc1ccc(CN(Cc2ccc(OC)cc2OC)c2nccn(C(=N)C3CC(F)(F)CCC3C)c2=N)c(OC)c1. The van der Waals surface area contributed by atoms with Gasteiger partial charge in [0.2, 0.25) is 5.92 Å². The molecule has 0 bridgehead atoms. The Kier molecular flexibility index (Phi) is 9.14. The smallest absolute Gasteiger partial charge is 0.248 e. The molecule has 2 unspecified atom stereocenters. The van der Waals surface area contributed by atoms with E-state index in [2.05, 4.69) is 4.98 Å². The summed E-state index contributed by atoms with van der Waals surface area (Å²) in [6.07, 6.45) is 2.73. The van der Waals surface area contributed by atoms with Crippen LogP contribution in [0.1, 0.15) is 37.3 Å². The lowest BCUT2D eigenvalue weighted by molar-refractivity contribution is -0.0555. The predicted molar refractivity (Wildman–Crippen MR) is 152 cm³/mol. The Morgan fingerprint density at radius 1 is 0.976 bits per heavy atom. The summed E-state index contributed by atoms with van der Waals surface area (Å²) in [6.45, 7) is 2.46. The average molecular weight is 570 g/mol. The first-order valence-corrected chi connectivity index (χ1v) is 13.4. The predicted octanol–water partition coefficient (Wildman–Crippen LogP) is 5.50. The normalized spacial score (nSPS) is 17.9. The van der Waals surface area contributed by atoms with Gasteiger partial charge in [-0.15, -0.1) is 0 Å². The van der Waals surface area contributed by atoms with Crippen molar-refractivity contribution in [1.29, 1.82) is 10.8 Å². The van der Waals surface area contributed by atoms with Gasteiger partial charge in [-0.3, -0.25) is 15.4 Å². The van der Waals surface area contributed by atoms with Gasteiger partial charge in [-0.25, -0.2) is 13.8 Å². The van der Waals surface area contributed by atoms with Crippen molar-refractivity contribution in [2.24, 2.45) is 11.8 Å². The van der Waals surface area contributed by atoms with Crippen LogP contribution in [0.4, 0.5) is 14.6 Å². The van der Waals surface area contributed by atoms with E-state index in [1.54, 1.807) is 40.6 Å². The van der Waals surface area contributed by atoms with Crippen LogP contribution in [0.25, 0.3) is 0 Å². The third-order valence-corrected chi connectivity index (χ3v) is 7.66. The topological polar surface area (TPSA) is 106 Å². The molecule has 0 spiro atoms. The molecule has 1 heterocycles. The van der Waals surface area contributed by atoms with Crippen molar-refractivity contribution in [2.75, 3.05) is 33.3 Å². The number of aromatic nitrogens is 2. The molecular formula is C30H37F2N5O4. The van der Waals surface area contributed by atoms with Gasteiger partial charge < -0.3 is 23.8 Å². The van der Waals surface area contributed by atoms with Crippen molar-refractivity contribution < 1.29 is 27.7 Å². The van der Waals surface area contributed by atoms with Crippen LogP contribution >= 0.6 is 0 Å². The first-order valence-electron chi connectivity index (χ1n) is 13.4. The average Bonchev–Trinajstić information content (AvgIpc) is 2.98. The van der Waals surface area contributed by atoms with E-state index in [1.165, 1.54) is 17.0 Å². The van der Waals surface area contributed by atoms with Crippen LogP contribution in [0, 0.1) is 22.7 Å². The summed E-state index contributed by atoms with van der Waals surface area (Å²) < 4.78 is 52.0. The first kappa shape index (κ1) is 29.8. The number of benzene rings is 2. The highest BCUT2D eigenvalue weighted by Gasteiger charge is 2.42. The molecule has 11 heteroatoms. The van der Waals surface area contributed by atoms with Crippen molar-refractivity contribution in [2.45, 2.75) is 45.2 Å². The number of ether oxygens (including phenoxy) is 4. The molecule has 1 aliphatic carbocycles. The molecule has 41 heavy (non-hydrogen) atoms. The Morgan fingerprint density at radius 3 is 2.05 bits per heavy atom. The molecule has 0 amide bonds. The lowest BCUT2D eigenvalue weighted by Gasteiger charge is -2.35. The highest BCUT2D eigenvalue weighted by Crippen LogP contribution is 2.40. The van der Waals surface area contributed by atoms with Crippen LogP contribution in [0.5, 0.6) is 23.0 Å². The van der Waals surface area contributed by atoms with Gasteiger partial charge in [-0.05, 0) is 36.6 Å². The zero-order valence-corrected chi connectivity index (χ0v) is 24.0. The quantitative estimate of drug-likeness (QED) is 0.247. The Balaban J connectivity index is 1.77. The summed E-state index contributed by atoms with van der Waals surface area (Å²) in [5, 5.41) is 17.9. The van der Waals surface area contributed by atoms with E-state index >= 15 is 0 Å². The highest BCUT2D eigenvalue weighted by molar-refractivity contribution is 5.84. The van der Waals surface area contributed by atoms with Crippen molar-refractivity contribution >= 4 is 11.7 Å². The fraction of sp³-hybridized carbons (Fsp3) is 0.433. The minimum absolute atomic E-state index is 0.0328. The molecule has 2 atom stereocenters. The van der Waals surface area contributed by atoms with E-state index in [9.17, 15) is 8.78 Å². The van der Waals surface area contributed by atoms with Crippen molar-refractivity contribution in [3.8, 4) is 23.0 Å². The van der Waals surface area contributed by atoms with Crippen molar-refractivity contribution in [3.63, 3.8) is 0 Å². The van der Waals surface area contributed by atoms with Gasteiger partial charge in [-0.1, -0.05) is 6.92 Å². The van der Waals surface area contributed by atoms with E-state index in [1.807, 2.05) is 36.1 Å². The van der Waals surface area contributed by atoms with Crippen LogP contribution in [0.3, 0.4) is 0 Å². The summed E-state index contributed by atoms with van der Waals surface area (Å²) in [5.74, 6) is -0.902. The molecular weight excluding hydrogens is 532 g/mol. The number of methoxy groups -OCH3 is 4. The first-order chi connectivity index (χ1) is 19.6. The monoisotopic (exact) mass is 569 g/mol. The van der Waals surface area contributed by atoms with Gasteiger partial charge in [0.15, 0.2) is 11.3 Å². The Labute approximate surface area is 238 Å². The van der Waals surface area contributed by atoms with E-state index in [-0.39, 0.29) is 42.6 Å². The molecule has 1 fully saturated rings. The van der Waals surface area contributed by atoms with Crippen LogP contribution in [-0.4, -0.2) is 49.7 Å². The fourth-order valence-corrected chi connectivity index (χ4v) is 5.24. The summed E-state index contributed by atoms with van der Waals surface area (Å²) in [4.78, 5) is 6.40. The molecule has 3 aromatic rings. The van der Waals surface area contributed by atoms with Crippen LogP contribution in [0.15, 0.2) is 48.8 Å². The standard InChI is InChI=1S/C30H37F2N5O4/c1-19-10-11-30(31,32)16-24(19)27(33)37-13-12-35-29(28(37)34)36(17-20-6-8-22(38-2)14-25(20)40-4)18-21-7-9-23(39-3)15-26(21)41-5/h6-9,12-15,19,24,33-34H,10-11,16-18H2,1-5H3. The third-order valence-electron chi connectivity index (χ3n) is 7.66. The maximum absolute atomic E-state index is 14.3. The largest absolute Gasteiger partial charge is 0.497 e. The van der Waals surface area contributed by atoms with Gasteiger partial charge in [0.1, 0.15) is 28.8 Å². The zero-order valence-electron chi connectivity index (χ0n) is 24.0. The van der Waals surface area contributed by atoms with Gasteiger partial charge in [0, 0.05) is 67.5 Å². The van der Waals surface area contributed by atoms with Crippen LogP contribution < -0.4 is 29.3 Å². The lowest BCUT2D eigenvalue weighted by Crippen LogP contribution is -2.42. The lowest BCUT2D eigenvalue weighted by atomic mass is 9.77. The number of nitrogens with one attached hydrogen (secondary N) is 2. The molecule has 9 nitrogen and oxygen atoms in total. The minimum Gasteiger partial charge on any atom is -0.497 e. The van der Waals surface area contributed by atoms with E-state index in [0.29, 0.717) is 29.4 Å². The number of halogens is 2. The molecule has 220 valence electrons. The van der Waals surface area contributed by atoms with Gasteiger partial charge in [-0.2, -0.15) is 0 Å². The zero-order chi connectivity index (χ0) is 29.7. The van der Waals surface area contributed by atoms with Gasteiger partial charge in [0.05, 0.1) is 28.4 Å². The number of nitrogens with zero attached hydrogens (tertiary/aromatic N) is 3. The molecule has 4 rings (SSSR count). The Morgan fingerprint density at radius 2 is 1.54 bits per heavy atom. The molecule has 2 aromatic carbocycles. The van der Waals surface area contributed by atoms with E-state index in [0.717, 1.165) is 11.1 Å². The molecule has 0 saturated heterocycles. The fourth-order valence-electron chi connectivity index (χ4n) is 5.24. The van der Waals surface area contributed by atoms with E-state index in [4.69, 9.17) is 29.8 Å². The van der Waals surface area contributed by atoms with Gasteiger partial charge in [0.25, 0.3) is 0 Å². The van der Waals surface area contributed by atoms with Crippen molar-refractivity contribution in [1.82, 2.24) is 9.55 Å². The summed E-state index contributed by atoms with van der Waals surface area (Å²) in [7, 11) is 6.30. The molecule has 2 N–H and O–H groups in total. The minimum atomic E-state index is -2.83. The molecule has 0 radical (unpaired) electrons. The van der Waals surface area contributed by atoms with E-state index < -0.39 is 18.3 Å². The number of anilines is 1. The number of hydrogen-bond donors (Lipinski definition) is 2. The van der Waals surface area contributed by atoms with Gasteiger partial charge >= 0.3 is 0 Å². The van der Waals surface area contributed by atoms with Crippen LogP contribution in [0.2, 0.25) is 0 Å². The molecule has 1 aromatic heterocycles. The third kappa shape index (κ3) is 6.61. The second-order valence-electron chi connectivity index (χ2n) is 10.2. The number of alkyl halides is 2. The second kappa shape index (κ2) is 12.6. The second-order valence-corrected chi connectivity index (χ2v) is 10.2. The summed E-state index contributed by atoms with van der Waals surface area (Å²) in [5.41, 5.74) is 1.56. The highest BCUT2D eigenvalue weighted by atomic mass is 19.3. The number of hydrogen-bond acceptors (Lipinski definition) is 8. The Hall–Kier alpha value is -4.15.